The number of hydrogen-bond acceptors (Lipinski definition) is 2. The number of anilines is 1. The molecule has 128 valence electrons. The summed E-state index contributed by atoms with van der Waals surface area (Å²) < 4.78 is 39.3. The van der Waals surface area contributed by atoms with E-state index in [1.54, 1.807) is 0 Å². The molecule has 0 radical (unpaired) electrons. The van der Waals surface area contributed by atoms with Gasteiger partial charge in [0.05, 0.1) is 16.3 Å². The highest BCUT2D eigenvalue weighted by Gasteiger charge is 2.33. The van der Waals surface area contributed by atoms with Crippen LogP contribution in [0.5, 0.6) is 0 Å². The highest BCUT2D eigenvalue weighted by molar-refractivity contribution is 9.10. The largest absolute Gasteiger partial charge is 0.417 e. The quantitative estimate of drug-likeness (QED) is 0.621. The summed E-state index contributed by atoms with van der Waals surface area (Å²) in [5, 5.41) is 2.05. The Morgan fingerprint density at radius 2 is 1.83 bits per heavy atom. The van der Waals surface area contributed by atoms with Crippen LogP contribution < -0.4 is 5.32 Å². The number of benzene rings is 2. The lowest BCUT2D eigenvalue weighted by molar-refractivity contribution is -0.137. The van der Waals surface area contributed by atoms with Gasteiger partial charge in [0.25, 0.3) is 0 Å². The van der Waals surface area contributed by atoms with Crippen molar-refractivity contribution in [3.05, 3.63) is 63.1 Å². The molecule has 1 amide bonds. The van der Waals surface area contributed by atoms with Crippen LogP contribution in [0.1, 0.15) is 11.1 Å². The van der Waals surface area contributed by atoms with Crippen LogP contribution in [-0.4, -0.2) is 11.7 Å². The molecule has 0 heterocycles. The zero-order valence-electron chi connectivity index (χ0n) is 12.2. The Morgan fingerprint density at radius 3 is 2.46 bits per heavy atom. The van der Waals surface area contributed by atoms with E-state index in [4.69, 9.17) is 11.6 Å². The first-order chi connectivity index (χ1) is 11.3. The van der Waals surface area contributed by atoms with Crippen LogP contribution in [-0.2, 0) is 16.7 Å². The van der Waals surface area contributed by atoms with E-state index in [0.29, 0.717) is 5.75 Å². The molecule has 0 atom stereocenters. The maximum Gasteiger partial charge on any atom is 0.417 e. The summed E-state index contributed by atoms with van der Waals surface area (Å²) in [6, 6.07) is 11.0. The van der Waals surface area contributed by atoms with Gasteiger partial charge in [-0.2, -0.15) is 13.2 Å². The smallest absolute Gasteiger partial charge is 0.325 e. The predicted molar refractivity (Wildman–Crippen MR) is 95.4 cm³/mol. The number of carbonyl (C=O) groups excluding carboxylic acids is 1. The van der Waals surface area contributed by atoms with Crippen molar-refractivity contribution in [1.82, 2.24) is 0 Å². The van der Waals surface area contributed by atoms with Crippen molar-refractivity contribution >= 4 is 50.9 Å². The molecule has 0 aliphatic heterocycles. The SMILES string of the molecule is O=C(CSCc1ccc(Br)cc1)Nc1ccc(Cl)c(C(F)(F)F)c1. The Bertz CT molecular complexity index is 722. The highest BCUT2D eigenvalue weighted by Crippen LogP contribution is 2.36. The molecule has 0 aromatic heterocycles. The number of carbonyl (C=O) groups is 1. The van der Waals surface area contributed by atoms with E-state index < -0.39 is 16.8 Å². The maximum atomic E-state index is 12.8. The molecular formula is C16H12BrClF3NOS. The molecule has 0 bridgehead atoms. The van der Waals surface area contributed by atoms with Crippen molar-refractivity contribution < 1.29 is 18.0 Å². The molecule has 0 aliphatic carbocycles. The third-order valence-electron chi connectivity index (χ3n) is 2.97. The molecule has 2 aromatic rings. The van der Waals surface area contributed by atoms with Crippen molar-refractivity contribution in [1.29, 1.82) is 0 Å². The van der Waals surface area contributed by atoms with Crippen LogP contribution in [0, 0.1) is 0 Å². The van der Waals surface area contributed by atoms with E-state index in [1.807, 2.05) is 24.3 Å². The molecule has 0 fully saturated rings. The number of hydrogen-bond donors (Lipinski definition) is 1. The van der Waals surface area contributed by atoms with Crippen molar-refractivity contribution in [3.63, 3.8) is 0 Å². The minimum absolute atomic E-state index is 0.0703. The summed E-state index contributed by atoms with van der Waals surface area (Å²) in [5.74, 6) is 0.405. The second-order valence-corrected chi connectivity index (χ2v) is 7.17. The standard InChI is InChI=1S/C16H12BrClF3NOS/c17-11-3-1-10(2-4-11)8-24-9-15(23)22-12-5-6-14(18)13(7-12)16(19,20)21/h1-7H,8-9H2,(H,22,23). The second-order valence-electron chi connectivity index (χ2n) is 4.86. The van der Waals surface area contributed by atoms with Crippen LogP contribution in [0.3, 0.4) is 0 Å². The Labute approximate surface area is 154 Å². The minimum Gasteiger partial charge on any atom is -0.325 e. The Balaban J connectivity index is 1.89. The summed E-state index contributed by atoms with van der Waals surface area (Å²) in [6.07, 6.45) is -4.56. The lowest BCUT2D eigenvalue weighted by Crippen LogP contribution is -2.15. The third kappa shape index (κ3) is 5.72. The van der Waals surface area contributed by atoms with Crippen LogP contribution >= 0.6 is 39.3 Å². The van der Waals surface area contributed by atoms with Gasteiger partial charge in [-0.15, -0.1) is 11.8 Å². The lowest BCUT2D eigenvalue weighted by atomic mass is 10.2. The predicted octanol–water partition coefficient (Wildman–Crippen LogP) is 5.99. The normalized spacial score (nSPS) is 11.4. The van der Waals surface area contributed by atoms with E-state index in [-0.39, 0.29) is 17.3 Å². The van der Waals surface area contributed by atoms with Crippen LogP contribution in [0.4, 0.5) is 18.9 Å². The van der Waals surface area contributed by atoms with Crippen LogP contribution in [0.25, 0.3) is 0 Å². The fourth-order valence-corrected chi connectivity index (χ4v) is 3.14. The Kier molecular flexibility index (Phi) is 6.60. The maximum absolute atomic E-state index is 12.8. The van der Waals surface area contributed by atoms with Crippen molar-refractivity contribution in [2.24, 2.45) is 0 Å². The second kappa shape index (κ2) is 8.27. The van der Waals surface area contributed by atoms with E-state index >= 15 is 0 Å². The zero-order chi connectivity index (χ0) is 17.7. The number of halogens is 5. The van der Waals surface area contributed by atoms with Gasteiger partial charge in [-0.1, -0.05) is 39.7 Å². The number of rotatable bonds is 5. The summed E-state index contributed by atoms with van der Waals surface area (Å²) in [6.45, 7) is 0. The van der Waals surface area contributed by atoms with Gasteiger partial charge in [0, 0.05) is 15.9 Å². The molecular weight excluding hydrogens is 427 g/mol. The fraction of sp³-hybridized carbons (Fsp3) is 0.188. The van der Waals surface area contributed by atoms with Crippen LogP contribution in [0.2, 0.25) is 5.02 Å². The first-order valence-electron chi connectivity index (χ1n) is 6.74. The average Bonchev–Trinajstić information content (AvgIpc) is 2.50. The molecule has 0 saturated carbocycles. The number of nitrogens with one attached hydrogen (secondary N) is 1. The summed E-state index contributed by atoms with van der Waals surface area (Å²) >= 11 is 10.3. The Hall–Kier alpha value is -1.18. The Morgan fingerprint density at radius 1 is 1.17 bits per heavy atom. The number of thioether (sulfide) groups is 1. The fourth-order valence-electron chi connectivity index (χ4n) is 1.86. The van der Waals surface area contributed by atoms with Crippen molar-refractivity contribution in [3.8, 4) is 0 Å². The monoisotopic (exact) mass is 437 g/mol. The van der Waals surface area contributed by atoms with Gasteiger partial charge in [0.1, 0.15) is 0 Å². The molecule has 2 rings (SSSR count). The highest BCUT2D eigenvalue weighted by atomic mass is 79.9. The molecule has 0 unspecified atom stereocenters. The van der Waals surface area contributed by atoms with Gasteiger partial charge in [-0.3, -0.25) is 4.79 Å². The molecule has 8 heteroatoms. The van der Waals surface area contributed by atoms with E-state index in [1.165, 1.54) is 17.8 Å². The van der Waals surface area contributed by atoms with Gasteiger partial charge in [0.2, 0.25) is 5.91 Å². The topological polar surface area (TPSA) is 29.1 Å². The van der Waals surface area contributed by atoms with E-state index in [9.17, 15) is 18.0 Å². The van der Waals surface area contributed by atoms with Gasteiger partial charge < -0.3 is 5.32 Å². The van der Waals surface area contributed by atoms with Gasteiger partial charge >= 0.3 is 6.18 Å². The summed E-state index contributed by atoms with van der Waals surface area (Å²) in [4.78, 5) is 11.8. The van der Waals surface area contributed by atoms with Gasteiger partial charge in [-0.05, 0) is 35.9 Å². The average molecular weight is 439 g/mol. The third-order valence-corrected chi connectivity index (χ3v) is 4.83. The first-order valence-corrected chi connectivity index (χ1v) is 9.07. The molecule has 0 aliphatic rings. The zero-order valence-corrected chi connectivity index (χ0v) is 15.3. The van der Waals surface area contributed by atoms with Crippen molar-refractivity contribution in [2.45, 2.75) is 11.9 Å². The minimum atomic E-state index is -4.56. The molecule has 24 heavy (non-hydrogen) atoms. The van der Waals surface area contributed by atoms with E-state index in [0.717, 1.165) is 22.2 Å². The lowest BCUT2D eigenvalue weighted by Gasteiger charge is -2.11. The molecule has 2 nitrogen and oxygen atoms in total. The molecule has 1 N–H and O–H groups in total. The van der Waals surface area contributed by atoms with Crippen molar-refractivity contribution in [2.75, 3.05) is 11.1 Å². The molecule has 0 spiro atoms. The van der Waals surface area contributed by atoms with E-state index in [2.05, 4.69) is 21.2 Å². The summed E-state index contributed by atoms with van der Waals surface area (Å²) in [7, 11) is 0. The molecule has 2 aromatic carbocycles. The van der Waals surface area contributed by atoms with Crippen LogP contribution in [0.15, 0.2) is 46.9 Å². The number of amides is 1. The van der Waals surface area contributed by atoms with Gasteiger partial charge in [0.15, 0.2) is 0 Å². The number of alkyl halides is 3. The first kappa shape index (κ1) is 19.1. The van der Waals surface area contributed by atoms with Gasteiger partial charge in [-0.25, -0.2) is 0 Å². The molecule has 0 saturated heterocycles. The summed E-state index contributed by atoms with van der Waals surface area (Å²) in [5.41, 5.74) is 0.160.